The Hall–Kier alpha value is -2.36. The van der Waals surface area contributed by atoms with Crippen LogP contribution in [0.4, 0.5) is 0 Å². The lowest BCUT2D eigenvalue weighted by atomic mass is 10.2. The number of fused-ring (bicyclic) bond motifs is 1. The highest BCUT2D eigenvalue weighted by atomic mass is 32.1. The first-order valence-corrected chi connectivity index (χ1v) is 7.28. The molecule has 21 heavy (non-hydrogen) atoms. The number of hydrogen-bond acceptors (Lipinski definition) is 5. The molecule has 0 bridgehead atoms. The zero-order valence-electron chi connectivity index (χ0n) is 11.1. The van der Waals surface area contributed by atoms with Gasteiger partial charge in [-0.05, 0) is 23.6 Å². The summed E-state index contributed by atoms with van der Waals surface area (Å²) in [6.07, 6.45) is 2.07. The highest BCUT2D eigenvalue weighted by Gasteiger charge is 2.12. The number of pyridine rings is 1. The summed E-state index contributed by atoms with van der Waals surface area (Å²) in [7, 11) is 0. The van der Waals surface area contributed by atoms with Crippen molar-refractivity contribution in [2.24, 2.45) is 0 Å². The molecule has 0 fully saturated rings. The van der Waals surface area contributed by atoms with E-state index in [9.17, 15) is 4.79 Å². The predicted octanol–water partition coefficient (Wildman–Crippen LogP) is 1.83. The van der Waals surface area contributed by atoms with Gasteiger partial charge in [-0.25, -0.2) is 9.78 Å². The Balaban J connectivity index is 1.97. The smallest absolute Gasteiger partial charge is 0.406 e. The fourth-order valence-electron chi connectivity index (χ4n) is 1.97. The first-order chi connectivity index (χ1) is 10.3. The van der Waals surface area contributed by atoms with Gasteiger partial charge in [0.05, 0.1) is 13.2 Å². The molecule has 1 N–H and O–H groups in total. The van der Waals surface area contributed by atoms with Gasteiger partial charge in [0.1, 0.15) is 0 Å². The van der Waals surface area contributed by atoms with Gasteiger partial charge in [0, 0.05) is 23.1 Å². The van der Waals surface area contributed by atoms with Gasteiger partial charge in [0.2, 0.25) is 0 Å². The summed E-state index contributed by atoms with van der Waals surface area (Å²) < 4.78 is 6.67. The lowest BCUT2D eigenvalue weighted by Gasteiger charge is -2.00. The Bertz CT molecular complexity index is 879. The van der Waals surface area contributed by atoms with E-state index in [1.165, 1.54) is 15.9 Å². The average molecular weight is 300 g/mol. The van der Waals surface area contributed by atoms with Crippen LogP contribution in [-0.4, -0.2) is 21.3 Å². The number of aliphatic hydroxyl groups excluding tert-OH is 1. The topological polar surface area (TPSA) is 68.3 Å². The van der Waals surface area contributed by atoms with Crippen molar-refractivity contribution in [2.75, 3.05) is 6.61 Å². The number of aromatic nitrogens is 2. The maximum Gasteiger partial charge on any atom is 0.421 e. The highest BCUT2D eigenvalue weighted by Crippen LogP contribution is 2.19. The summed E-state index contributed by atoms with van der Waals surface area (Å²) in [6.45, 7) is 0.422. The third kappa shape index (κ3) is 2.75. The van der Waals surface area contributed by atoms with E-state index >= 15 is 0 Å². The van der Waals surface area contributed by atoms with E-state index in [-0.39, 0.29) is 6.61 Å². The zero-order chi connectivity index (χ0) is 14.7. The van der Waals surface area contributed by atoms with Gasteiger partial charge in [0.25, 0.3) is 0 Å². The largest absolute Gasteiger partial charge is 0.421 e. The Kier molecular flexibility index (Phi) is 3.86. The molecule has 0 saturated carbocycles. The minimum Gasteiger partial charge on any atom is -0.406 e. The monoisotopic (exact) mass is 300 g/mol. The fourth-order valence-corrected chi connectivity index (χ4v) is 2.79. The molecule has 3 heterocycles. The van der Waals surface area contributed by atoms with E-state index in [0.717, 1.165) is 10.4 Å². The molecule has 106 valence electrons. The normalized spacial score (nSPS) is 10.5. The summed E-state index contributed by atoms with van der Waals surface area (Å²) in [6, 6.07) is 5.36. The molecular weight excluding hydrogens is 288 g/mol. The second kappa shape index (κ2) is 5.95. The van der Waals surface area contributed by atoms with Crippen LogP contribution in [0.15, 0.2) is 39.0 Å². The Morgan fingerprint density at radius 1 is 1.43 bits per heavy atom. The van der Waals surface area contributed by atoms with Crippen molar-refractivity contribution in [3.8, 4) is 11.8 Å². The number of thiophene rings is 1. The van der Waals surface area contributed by atoms with Gasteiger partial charge >= 0.3 is 5.76 Å². The molecule has 0 spiro atoms. The quantitative estimate of drug-likeness (QED) is 0.749. The fraction of sp³-hybridized carbons (Fsp3) is 0.200. The van der Waals surface area contributed by atoms with Crippen LogP contribution in [0.25, 0.3) is 11.2 Å². The van der Waals surface area contributed by atoms with E-state index in [1.54, 1.807) is 18.3 Å². The summed E-state index contributed by atoms with van der Waals surface area (Å²) in [4.78, 5) is 17.1. The molecule has 5 nitrogen and oxygen atoms in total. The van der Waals surface area contributed by atoms with Crippen molar-refractivity contribution in [3.05, 3.63) is 50.8 Å². The van der Waals surface area contributed by atoms with E-state index in [0.29, 0.717) is 24.2 Å². The van der Waals surface area contributed by atoms with Gasteiger partial charge in [0.15, 0.2) is 11.2 Å². The molecule has 0 radical (unpaired) electrons. The van der Waals surface area contributed by atoms with E-state index in [2.05, 4.69) is 16.8 Å². The minimum absolute atomic E-state index is 0.0439. The predicted molar refractivity (Wildman–Crippen MR) is 80.3 cm³/mol. The standard InChI is InChI=1S/C15H12N2O3S/c18-8-2-1-4-11-6-9-21-13(11)10-17-14-12(20-15(17)19)5-3-7-16-14/h3,5-7,9,18H,2,8,10H2. The van der Waals surface area contributed by atoms with Crippen LogP contribution >= 0.6 is 11.3 Å². The van der Waals surface area contributed by atoms with Crippen molar-refractivity contribution in [2.45, 2.75) is 13.0 Å². The van der Waals surface area contributed by atoms with Crippen LogP contribution in [0, 0.1) is 11.8 Å². The Labute approximate surface area is 124 Å². The van der Waals surface area contributed by atoms with Crippen LogP contribution in [0.5, 0.6) is 0 Å². The van der Waals surface area contributed by atoms with Gasteiger partial charge in [-0.3, -0.25) is 4.57 Å². The third-order valence-corrected chi connectivity index (χ3v) is 3.84. The van der Waals surface area contributed by atoms with Gasteiger partial charge in [-0.1, -0.05) is 11.8 Å². The molecular formula is C15H12N2O3S. The molecule has 0 aliphatic carbocycles. The molecule has 0 aliphatic rings. The Morgan fingerprint density at radius 3 is 3.19 bits per heavy atom. The summed E-state index contributed by atoms with van der Waals surface area (Å²) in [5, 5.41) is 10.7. The minimum atomic E-state index is -0.425. The lowest BCUT2D eigenvalue weighted by molar-refractivity contribution is 0.305. The molecule has 6 heteroatoms. The summed E-state index contributed by atoms with van der Waals surface area (Å²) in [5.74, 6) is 5.47. The maximum atomic E-state index is 11.9. The van der Waals surface area contributed by atoms with E-state index < -0.39 is 5.76 Å². The van der Waals surface area contributed by atoms with Crippen LogP contribution in [-0.2, 0) is 6.54 Å². The van der Waals surface area contributed by atoms with E-state index in [1.807, 2.05) is 11.4 Å². The van der Waals surface area contributed by atoms with Crippen molar-refractivity contribution in [1.82, 2.24) is 9.55 Å². The van der Waals surface area contributed by atoms with Crippen LogP contribution in [0.3, 0.4) is 0 Å². The molecule has 3 rings (SSSR count). The first kappa shape index (κ1) is 13.6. The van der Waals surface area contributed by atoms with Gasteiger partial charge in [-0.2, -0.15) is 0 Å². The molecule has 0 amide bonds. The molecule has 0 saturated heterocycles. The Morgan fingerprint density at radius 2 is 2.33 bits per heavy atom. The van der Waals surface area contributed by atoms with Crippen molar-refractivity contribution < 1.29 is 9.52 Å². The molecule has 3 aromatic heterocycles. The summed E-state index contributed by atoms with van der Waals surface area (Å²) >= 11 is 1.53. The van der Waals surface area contributed by atoms with Gasteiger partial charge < -0.3 is 9.52 Å². The van der Waals surface area contributed by atoms with Crippen molar-refractivity contribution in [3.63, 3.8) is 0 Å². The second-order valence-corrected chi connectivity index (χ2v) is 5.31. The third-order valence-electron chi connectivity index (χ3n) is 2.93. The number of rotatable bonds is 3. The van der Waals surface area contributed by atoms with Crippen molar-refractivity contribution >= 4 is 22.6 Å². The number of oxazole rings is 1. The molecule has 0 aliphatic heterocycles. The van der Waals surface area contributed by atoms with E-state index in [4.69, 9.17) is 9.52 Å². The second-order valence-electron chi connectivity index (χ2n) is 4.31. The molecule has 0 unspecified atom stereocenters. The van der Waals surface area contributed by atoms with Crippen LogP contribution in [0.1, 0.15) is 16.9 Å². The van der Waals surface area contributed by atoms with Crippen molar-refractivity contribution in [1.29, 1.82) is 0 Å². The zero-order valence-corrected chi connectivity index (χ0v) is 11.9. The molecule has 0 atom stereocenters. The first-order valence-electron chi connectivity index (χ1n) is 6.40. The lowest BCUT2D eigenvalue weighted by Crippen LogP contribution is -2.15. The van der Waals surface area contributed by atoms with Gasteiger partial charge in [-0.15, -0.1) is 11.3 Å². The molecule has 0 aromatic carbocycles. The van der Waals surface area contributed by atoms with Crippen LogP contribution in [0.2, 0.25) is 0 Å². The molecule has 3 aromatic rings. The summed E-state index contributed by atoms with van der Waals surface area (Å²) in [5.41, 5.74) is 1.88. The van der Waals surface area contributed by atoms with Crippen LogP contribution < -0.4 is 5.76 Å². The number of aliphatic hydroxyl groups is 1. The SMILES string of the molecule is O=c1oc2cccnc2n1Cc1sccc1C#CCCO. The average Bonchev–Trinajstić information content (AvgIpc) is 3.05. The maximum absolute atomic E-state index is 11.9. The highest BCUT2D eigenvalue weighted by molar-refractivity contribution is 7.10. The number of hydrogen-bond donors (Lipinski definition) is 1. The number of nitrogens with zero attached hydrogens (tertiary/aromatic N) is 2.